The minimum Gasteiger partial charge on any atom is -0.490 e. The predicted molar refractivity (Wildman–Crippen MR) is 122 cm³/mol. The van der Waals surface area contributed by atoms with Gasteiger partial charge < -0.3 is 9.47 Å². The molecule has 33 heavy (non-hydrogen) atoms. The average Bonchev–Trinajstić information content (AvgIpc) is 2.79. The number of hydrazone groups is 1. The number of halogens is 3. The molecule has 0 bridgehead atoms. The minimum absolute atomic E-state index is 0.111. The number of nitriles is 1. The fourth-order valence-electron chi connectivity index (χ4n) is 2.81. The number of hydrogen-bond donors (Lipinski definition) is 1. The summed E-state index contributed by atoms with van der Waals surface area (Å²) in [7, 11) is 0. The molecule has 9 heteroatoms. The average molecular weight is 514 g/mol. The molecule has 6 nitrogen and oxygen atoms in total. The van der Waals surface area contributed by atoms with Crippen LogP contribution in [-0.4, -0.2) is 18.7 Å². The maximum Gasteiger partial charge on any atom is 0.274 e. The maximum atomic E-state index is 14.0. The number of nitrogens with one attached hydrogen (secondary N) is 1. The summed E-state index contributed by atoms with van der Waals surface area (Å²) in [6.45, 7) is 2.34. The second-order valence-electron chi connectivity index (χ2n) is 6.68. The van der Waals surface area contributed by atoms with Crippen LogP contribution in [0, 0.1) is 23.0 Å². The van der Waals surface area contributed by atoms with Crippen LogP contribution >= 0.6 is 15.9 Å². The third-order valence-corrected chi connectivity index (χ3v) is 5.05. The number of carbonyl (C=O) groups is 1. The summed E-state index contributed by atoms with van der Waals surface area (Å²) in [5, 5.41) is 12.7. The van der Waals surface area contributed by atoms with E-state index in [9.17, 15) is 13.6 Å². The lowest BCUT2D eigenvalue weighted by atomic mass is 10.1. The van der Waals surface area contributed by atoms with Gasteiger partial charge in [0.2, 0.25) is 0 Å². The molecule has 1 amide bonds. The first-order valence-corrected chi connectivity index (χ1v) is 10.6. The van der Waals surface area contributed by atoms with Gasteiger partial charge in [-0.15, -0.1) is 0 Å². The van der Waals surface area contributed by atoms with Crippen molar-refractivity contribution in [2.75, 3.05) is 6.61 Å². The zero-order valence-corrected chi connectivity index (χ0v) is 19.0. The third-order valence-electron chi connectivity index (χ3n) is 4.36. The van der Waals surface area contributed by atoms with Crippen LogP contribution in [0.4, 0.5) is 8.78 Å². The van der Waals surface area contributed by atoms with Crippen LogP contribution in [-0.2, 0) is 6.61 Å². The molecule has 0 atom stereocenters. The lowest BCUT2D eigenvalue weighted by Gasteiger charge is -2.14. The highest BCUT2D eigenvalue weighted by molar-refractivity contribution is 9.10. The standard InChI is InChI=1S/C24H18BrF2N3O3/c1-2-32-22-10-17(13-29-30-24(31)19-7-6-15(12-28)9-21(19)27)20(25)11-23(22)33-14-16-4-3-5-18(26)8-16/h3-11,13H,2,14H2,1H3,(H,30,31)/b29-13-. The summed E-state index contributed by atoms with van der Waals surface area (Å²) < 4.78 is 39.4. The van der Waals surface area contributed by atoms with E-state index in [1.54, 1.807) is 30.3 Å². The van der Waals surface area contributed by atoms with E-state index in [0.717, 1.165) is 6.07 Å². The van der Waals surface area contributed by atoms with Crippen molar-refractivity contribution in [1.29, 1.82) is 5.26 Å². The number of benzene rings is 3. The van der Waals surface area contributed by atoms with Gasteiger partial charge in [0.25, 0.3) is 5.91 Å². The van der Waals surface area contributed by atoms with Gasteiger partial charge in [-0.1, -0.05) is 12.1 Å². The lowest BCUT2D eigenvalue weighted by molar-refractivity contribution is 0.0951. The van der Waals surface area contributed by atoms with Crippen LogP contribution in [0.25, 0.3) is 0 Å². The molecule has 168 valence electrons. The summed E-state index contributed by atoms with van der Waals surface area (Å²) in [6.07, 6.45) is 1.36. The predicted octanol–water partition coefficient (Wildman–Crippen LogP) is 5.34. The summed E-state index contributed by atoms with van der Waals surface area (Å²) in [5.74, 6) is -1.06. The highest BCUT2D eigenvalue weighted by atomic mass is 79.9. The number of amides is 1. The molecule has 0 saturated heterocycles. The Morgan fingerprint density at radius 3 is 2.64 bits per heavy atom. The number of carbonyl (C=O) groups excluding carboxylic acids is 1. The van der Waals surface area contributed by atoms with Gasteiger partial charge >= 0.3 is 0 Å². The van der Waals surface area contributed by atoms with Gasteiger partial charge in [-0.05, 0) is 70.9 Å². The van der Waals surface area contributed by atoms with E-state index in [4.69, 9.17) is 14.7 Å². The second kappa shape index (κ2) is 11.2. The van der Waals surface area contributed by atoms with Crippen molar-refractivity contribution in [2.45, 2.75) is 13.5 Å². The molecule has 0 fully saturated rings. The largest absolute Gasteiger partial charge is 0.490 e. The summed E-state index contributed by atoms with van der Waals surface area (Å²) in [6, 6.07) is 14.8. The van der Waals surface area contributed by atoms with Crippen LogP contribution in [0.1, 0.15) is 34.0 Å². The quantitative estimate of drug-likeness (QED) is 0.325. The van der Waals surface area contributed by atoms with Crippen LogP contribution in [0.2, 0.25) is 0 Å². The fraction of sp³-hybridized carbons (Fsp3) is 0.125. The van der Waals surface area contributed by atoms with E-state index in [1.165, 1.54) is 30.5 Å². The SMILES string of the molecule is CCOc1cc(/C=N\NC(=O)c2ccc(C#N)cc2F)c(Br)cc1OCc1cccc(F)c1. The van der Waals surface area contributed by atoms with E-state index in [-0.39, 0.29) is 23.6 Å². The van der Waals surface area contributed by atoms with Crippen molar-refractivity contribution < 1.29 is 23.0 Å². The molecular weight excluding hydrogens is 496 g/mol. The zero-order valence-electron chi connectivity index (χ0n) is 17.4. The Bertz CT molecular complexity index is 1240. The number of ether oxygens (including phenoxy) is 2. The molecular formula is C24H18BrF2N3O3. The number of hydrogen-bond acceptors (Lipinski definition) is 5. The van der Waals surface area contributed by atoms with Gasteiger partial charge in [0.1, 0.15) is 18.2 Å². The molecule has 0 spiro atoms. The Labute approximate surface area is 197 Å². The van der Waals surface area contributed by atoms with Crippen molar-refractivity contribution in [3.8, 4) is 17.6 Å². The van der Waals surface area contributed by atoms with Crippen molar-refractivity contribution in [1.82, 2.24) is 5.43 Å². The fourth-order valence-corrected chi connectivity index (χ4v) is 3.23. The van der Waals surface area contributed by atoms with Crippen LogP contribution in [0.3, 0.4) is 0 Å². The second-order valence-corrected chi connectivity index (χ2v) is 7.53. The van der Waals surface area contributed by atoms with Crippen molar-refractivity contribution >= 4 is 28.1 Å². The monoisotopic (exact) mass is 513 g/mol. The van der Waals surface area contributed by atoms with Crippen molar-refractivity contribution in [3.05, 3.63) is 93.0 Å². The van der Waals surface area contributed by atoms with Crippen molar-refractivity contribution in [3.63, 3.8) is 0 Å². The Balaban J connectivity index is 1.73. The molecule has 3 aromatic carbocycles. The molecule has 1 N–H and O–H groups in total. The van der Waals surface area contributed by atoms with Crippen molar-refractivity contribution in [2.24, 2.45) is 5.10 Å². The maximum absolute atomic E-state index is 14.0. The molecule has 0 radical (unpaired) electrons. The molecule has 0 aliphatic carbocycles. The van der Waals surface area contributed by atoms with Gasteiger partial charge in [-0.2, -0.15) is 10.4 Å². The van der Waals surface area contributed by atoms with E-state index in [2.05, 4.69) is 26.5 Å². The van der Waals surface area contributed by atoms with Gasteiger partial charge in [0.15, 0.2) is 11.5 Å². The topological polar surface area (TPSA) is 83.7 Å². The molecule has 3 aromatic rings. The number of rotatable bonds is 8. The highest BCUT2D eigenvalue weighted by Gasteiger charge is 2.13. The summed E-state index contributed by atoms with van der Waals surface area (Å²) >= 11 is 3.42. The Morgan fingerprint density at radius 2 is 1.94 bits per heavy atom. The molecule has 0 aliphatic heterocycles. The summed E-state index contributed by atoms with van der Waals surface area (Å²) in [5.41, 5.74) is 3.36. The van der Waals surface area contributed by atoms with E-state index in [1.807, 2.05) is 6.92 Å². The Morgan fingerprint density at radius 1 is 1.15 bits per heavy atom. The van der Waals surface area contributed by atoms with Gasteiger partial charge in [0, 0.05) is 10.0 Å². The first kappa shape index (κ1) is 23.9. The lowest BCUT2D eigenvalue weighted by Crippen LogP contribution is -2.19. The normalized spacial score (nSPS) is 10.6. The third kappa shape index (κ3) is 6.37. The molecule has 3 rings (SSSR count). The highest BCUT2D eigenvalue weighted by Crippen LogP contribution is 2.34. The number of nitrogens with zero attached hydrogens (tertiary/aromatic N) is 2. The van der Waals surface area contributed by atoms with Gasteiger partial charge in [-0.25, -0.2) is 14.2 Å². The molecule has 0 saturated carbocycles. The molecule has 0 aliphatic rings. The first-order valence-electron chi connectivity index (χ1n) is 9.78. The van der Waals surface area contributed by atoms with E-state index in [0.29, 0.717) is 33.7 Å². The zero-order chi connectivity index (χ0) is 23.8. The van der Waals surface area contributed by atoms with Crippen LogP contribution in [0.15, 0.2) is 64.2 Å². The van der Waals surface area contributed by atoms with Crippen LogP contribution < -0.4 is 14.9 Å². The molecule has 0 aromatic heterocycles. The van der Waals surface area contributed by atoms with Crippen LogP contribution in [0.5, 0.6) is 11.5 Å². The van der Waals surface area contributed by atoms with Gasteiger partial charge in [0.05, 0.1) is 30.0 Å². The Hall–Kier alpha value is -3.77. The molecule has 0 unspecified atom stereocenters. The summed E-state index contributed by atoms with van der Waals surface area (Å²) in [4.78, 5) is 12.2. The minimum atomic E-state index is -0.818. The van der Waals surface area contributed by atoms with E-state index >= 15 is 0 Å². The Kier molecular flexibility index (Phi) is 8.11. The van der Waals surface area contributed by atoms with Gasteiger partial charge in [-0.3, -0.25) is 4.79 Å². The smallest absolute Gasteiger partial charge is 0.274 e. The van der Waals surface area contributed by atoms with E-state index < -0.39 is 11.7 Å². The first-order chi connectivity index (χ1) is 15.9. The molecule has 0 heterocycles.